The molecule has 1 aromatic rings. The Morgan fingerprint density at radius 1 is 1.14 bits per heavy atom. The van der Waals surface area contributed by atoms with Crippen LogP contribution in [0.25, 0.3) is 0 Å². The molecule has 0 radical (unpaired) electrons. The summed E-state index contributed by atoms with van der Waals surface area (Å²) in [5.74, 6) is -1.18. The molecule has 2 amide bonds. The van der Waals surface area contributed by atoms with Gasteiger partial charge in [0, 0.05) is 44.5 Å². The number of hydrogen-bond acceptors (Lipinski definition) is 5. The van der Waals surface area contributed by atoms with E-state index in [2.05, 4.69) is 45.7 Å². The summed E-state index contributed by atoms with van der Waals surface area (Å²) in [6, 6.07) is 6.63. The van der Waals surface area contributed by atoms with E-state index in [0.29, 0.717) is 19.8 Å². The third-order valence-electron chi connectivity index (χ3n) is 5.48. The van der Waals surface area contributed by atoms with Crippen molar-refractivity contribution in [2.24, 2.45) is 0 Å². The Hall–Kier alpha value is -2.12. The molecule has 3 rings (SSSR count). The molecule has 2 aliphatic rings. The van der Waals surface area contributed by atoms with Crippen molar-refractivity contribution in [2.45, 2.75) is 45.2 Å². The van der Waals surface area contributed by atoms with E-state index in [-0.39, 0.29) is 6.04 Å². The third kappa shape index (κ3) is 5.70. The van der Waals surface area contributed by atoms with Crippen molar-refractivity contribution >= 4 is 17.5 Å². The van der Waals surface area contributed by atoms with Gasteiger partial charge in [-0.2, -0.15) is 0 Å². The lowest BCUT2D eigenvalue weighted by Crippen LogP contribution is -2.50. The van der Waals surface area contributed by atoms with Crippen molar-refractivity contribution in [3.63, 3.8) is 0 Å². The Kier molecular flexibility index (Phi) is 6.80. The minimum absolute atomic E-state index is 0.0165. The maximum atomic E-state index is 12.3. The highest BCUT2D eigenvalue weighted by Gasteiger charge is 2.27. The number of ether oxygens (including phenoxy) is 1. The Labute approximate surface area is 173 Å². The number of aryl methyl sites for hydroxylation is 1. The molecule has 7 nitrogen and oxygen atoms in total. The second-order valence-corrected chi connectivity index (χ2v) is 8.99. The van der Waals surface area contributed by atoms with Crippen LogP contribution in [0.15, 0.2) is 18.2 Å². The molecule has 0 bridgehead atoms. The number of hydrogen-bond donors (Lipinski definition) is 2. The lowest BCUT2D eigenvalue weighted by atomic mass is 9.95. The molecule has 0 spiro atoms. The fraction of sp³-hybridized carbons (Fsp3) is 0.636. The topological polar surface area (TPSA) is 73.9 Å². The van der Waals surface area contributed by atoms with Gasteiger partial charge in [-0.25, -0.2) is 0 Å². The number of benzene rings is 1. The molecule has 0 aliphatic carbocycles. The predicted octanol–water partition coefficient (Wildman–Crippen LogP) is 1.47. The fourth-order valence-electron chi connectivity index (χ4n) is 4.03. The van der Waals surface area contributed by atoms with E-state index in [1.54, 1.807) is 0 Å². The summed E-state index contributed by atoms with van der Waals surface area (Å²) in [5.41, 5.74) is 3.38. The number of carbonyl (C=O) groups excluding carboxylic acids is 2. The highest BCUT2D eigenvalue weighted by molar-refractivity contribution is 6.35. The molecule has 2 aliphatic heterocycles. The SMILES string of the molecule is CN1CCCc2cc(C(CNC(=O)C(=O)NC(C)(C)C)N3CCOCC3)ccc21. The summed E-state index contributed by atoms with van der Waals surface area (Å²) < 4.78 is 5.51. The van der Waals surface area contributed by atoms with Gasteiger partial charge in [-0.15, -0.1) is 0 Å². The number of nitrogens with zero attached hydrogens (tertiary/aromatic N) is 2. The average Bonchev–Trinajstić information content (AvgIpc) is 2.67. The Morgan fingerprint density at radius 3 is 2.55 bits per heavy atom. The number of nitrogens with one attached hydrogen (secondary N) is 2. The minimum Gasteiger partial charge on any atom is -0.379 e. The first kappa shape index (κ1) is 21.6. The van der Waals surface area contributed by atoms with E-state index < -0.39 is 17.4 Å². The number of carbonyl (C=O) groups is 2. The fourth-order valence-corrected chi connectivity index (χ4v) is 4.03. The molecule has 160 valence electrons. The van der Waals surface area contributed by atoms with Crippen LogP contribution in [0.1, 0.15) is 44.4 Å². The molecular formula is C22H34N4O3. The van der Waals surface area contributed by atoms with Crippen LogP contribution in [0, 0.1) is 0 Å². The summed E-state index contributed by atoms with van der Waals surface area (Å²) in [6.07, 6.45) is 2.22. The highest BCUT2D eigenvalue weighted by atomic mass is 16.5. The van der Waals surface area contributed by atoms with Crippen LogP contribution in [-0.2, 0) is 20.7 Å². The first-order valence-corrected chi connectivity index (χ1v) is 10.5. The molecule has 2 heterocycles. The smallest absolute Gasteiger partial charge is 0.309 e. The maximum Gasteiger partial charge on any atom is 0.309 e. The van der Waals surface area contributed by atoms with Gasteiger partial charge >= 0.3 is 11.8 Å². The van der Waals surface area contributed by atoms with Gasteiger partial charge in [0.05, 0.1) is 19.3 Å². The van der Waals surface area contributed by atoms with Crippen molar-refractivity contribution < 1.29 is 14.3 Å². The summed E-state index contributed by atoms with van der Waals surface area (Å²) in [4.78, 5) is 29.1. The predicted molar refractivity (Wildman–Crippen MR) is 114 cm³/mol. The molecule has 0 saturated carbocycles. The molecule has 1 saturated heterocycles. The molecule has 1 aromatic carbocycles. The monoisotopic (exact) mass is 402 g/mol. The van der Waals surface area contributed by atoms with E-state index in [0.717, 1.165) is 32.5 Å². The van der Waals surface area contributed by atoms with E-state index >= 15 is 0 Å². The Balaban J connectivity index is 1.75. The quantitative estimate of drug-likeness (QED) is 0.747. The zero-order chi connectivity index (χ0) is 21.0. The van der Waals surface area contributed by atoms with E-state index in [1.807, 2.05) is 20.8 Å². The molecule has 2 N–H and O–H groups in total. The van der Waals surface area contributed by atoms with Gasteiger partial charge in [-0.05, 0) is 50.8 Å². The van der Waals surface area contributed by atoms with E-state index in [9.17, 15) is 9.59 Å². The lowest BCUT2D eigenvalue weighted by Gasteiger charge is -2.36. The van der Waals surface area contributed by atoms with Gasteiger partial charge in [0.2, 0.25) is 0 Å². The standard InChI is InChI=1S/C22H34N4O3/c1-22(2,3)24-21(28)20(27)23-15-19(26-10-12-29-13-11-26)17-7-8-18-16(14-17)6-5-9-25(18)4/h7-8,14,19H,5-6,9-13,15H2,1-4H3,(H,23,27)(H,24,28). The van der Waals surface area contributed by atoms with E-state index in [1.165, 1.54) is 16.8 Å². The molecule has 1 unspecified atom stereocenters. The highest BCUT2D eigenvalue weighted by Crippen LogP contribution is 2.30. The van der Waals surface area contributed by atoms with Crippen LogP contribution >= 0.6 is 0 Å². The van der Waals surface area contributed by atoms with Gasteiger partial charge in [0.25, 0.3) is 0 Å². The minimum atomic E-state index is -0.592. The van der Waals surface area contributed by atoms with Crippen LogP contribution in [0.2, 0.25) is 0 Å². The van der Waals surface area contributed by atoms with Crippen molar-refractivity contribution in [2.75, 3.05) is 51.3 Å². The summed E-state index contributed by atoms with van der Waals surface area (Å²) in [6.45, 7) is 10.0. The molecule has 1 atom stereocenters. The molecule has 29 heavy (non-hydrogen) atoms. The summed E-state index contributed by atoms with van der Waals surface area (Å²) >= 11 is 0. The molecule has 1 fully saturated rings. The van der Waals surface area contributed by atoms with Crippen LogP contribution in [-0.4, -0.2) is 68.7 Å². The first-order valence-electron chi connectivity index (χ1n) is 10.5. The zero-order valence-electron chi connectivity index (χ0n) is 18.1. The number of fused-ring (bicyclic) bond motifs is 1. The molecule has 7 heteroatoms. The maximum absolute atomic E-state index is 12.3. The van der Waals surface area contributed by atoms with Crippen molar-refractivity contribution in [1.82, 2.24) is 15.5 Å². The van der Waals surface area contributed by atoms with Crippen LogP contribution in [0.4, 0.5) is 5.69 Å². The number of rotatable bonds is 4. The normalized spacial score (nSPS) is 18.7. The van der Waals surface area contributed by atoms with Gasteiger partial charge in [0.1, 0.15) is 0 Å². The Morgan fingerprint density at radius 2 is 1.86 bits per heavy atom. The number of amides is 2. The van der Waals surface area contributed by atoms with Crippen molar-refractivity contribution in [3.05, 3.63) is 29.3 Å². The lowest BCUT2D eigenvalue weighted by molar-refractivity contribution is -0.140. The first-order chi connectivity index (χ1) is 13.7. The summed E-state index contributed by atoms with van der Waals surface area (Å²) in [5, 5.41) is 5.56. The molecule has 0 aromatic heterocycles. The summed E-state index contributed by atoms with van der Waals surface area (Å²) in [7, 11) is 2.13. The van der Waals surface area contributed by atoms with Gasteiger partial charge < -0.3 is 20.3 Å². The average molecular weight is 403 g/mol. The van der Waals surface area contributed by atoms with Crippen LogP contribution in [0.3, 0.4) is 0 Å². The van der Waals surface area contributed by atoms with Crippen LogP contribution < -0.4 is 15.5 Å². The Bertz CT molecular complexity index is 738. The van der Waals surface area contributed by atoms with Crippen LogP contribution in [0.5, 0.6) is 0 Å². The number of anilines is 1. The molecular weight excluding hydrogens is 368 g/mol. The van der Waals surface area contributed by atoms with E-state index in [4.69, 9.17) is 4.74 Å². The third-order valence-corrected chi connectivity index (χ3v) is 5.48. The second kappa shape index (κ2) is 9.13. The zero-order valence-corrected chi connectivity index (χ0v) is 18.1. The van der Waals surface area contributed by atoms with Gasteiger partial charge in [-0.3, -0.25) is 14.5 Å². The van der Waals surface area contributed by atoms with Crippen molar-refractivity contribution in [3.8, 4) is 0 Å². The largest absolute Gasteiger partial charge is 0.379 e. The second-order valence-electron chi connectivity index (χ2n) is 8.99. The number of morpholine rings is 1. The van der Waals surface area contributed by atoms with Gasteiger partial charge in [0.15, 0.2) is 0 Å². The van der Waals surface area contributed by atoms with Crippen molar-refractivity contribution in [1.29, 1.82) is 0 Å². The van der Waals surface area contributed by atoms with Gasteiger partial charge in [-0.1, -0.05) is 12.1 Å².